The summed E-state index contributed by atoms with van der Waals surface area (Å²) in [5.41, 5.74) is 2.39. The minimum Gasteiger partial charge on any atom is -0.451 e. The van der Waals surface area contributed by atoms with Gasteiger partial charge in [-0.25, -0.2) is 4.79 Å². The summed E-state index contributed by atoms with van der Waals surface area (Å²) in [4.78, 5) is 26.0. The molecule has 0 spiro atoms. The number of rotatable bonds is 4. The normalized spacial score (nSPS) is 13.1. The van der Waals surface area contributed by atoms with Crippen molar-refractivity contribution in [2.24, 2.45) is 0 Å². The first-order valence-corrected chi connectivity index (χ1v) is 8.39. The number of carbonyl (C=O) groups excluding carboxylic acids is 2. The van der Waals surface area contributed by atoms with E-state index in [9.17, 15) is 14.9 Å². The molecule has 1 aliphatic rings. The van der Waals surface area contributed by atoms with Gasteiger partial charge in [0.25, 0.3) is 5.91 Å². The molecule has 1 amide bonds. The van der Waals surface area contributed by atoms with Crippen LogP contribution in [0, 0.1) is 11.3 Å². The Hall–Kier alpha value is -3.10. The molecule has 0 aliphatic carbocycles. The predicted molar refractivity (Wildman–Crippen MR) is 98.5 cm³/mol. The van der Waals surface area contributed by atoms with Crippen molar-refractivity contribution in [3.8, 4) is 6.07 Å². The highest BCUT2D eigenvalue weighted by Gasteiger charge is 2.25. The molecule has 3 rings (SSSR count). The SMILES string of the molecule is N#CC(=Cc1ccc(Cl)cc1)C(=O)OCC(=O)N1CCc2ccccc21. The predicted octanol–water partition coefficient (Wildman–Crippen LogP) is 3.38. The Morgan fingerprint density at radius 2 is 1.92 bits per heavy atom. The molecule has 2 aromatic carbocycles. The average molecular weight is 367 g/mol. The van der Waals surface area contributed by atoms with E-state index in [4.69, 9.17) is 16.3 Å². The zero-order chi connectivity index (χ0) is 18.5. The molecular formula is C20H15ClN2O3. The van der Waals surface area contributed by atoms with Crippen LogP contribution < -0.4 is 4.90 Å². The molecule has 0 radical (unpaired) electrons. The van der Waals surface area contributed by atoms with Gasteiger partial charge in [0.2, 0.25) is 0 Å². The number of anilines is 1. The number of ether oxygens (including phenoxy) is 1. The molecule has 2 aromatic rings. The maximum atomic E-state index is 12.4. The van der Waals surface area contributed by atoms with Gasteiger partial charge in [0.05, 0.1) is 0 Å². The third-order valence-corrected chi connectivity index (χ3v) is 4.29. The van der Waals surface area contributed by atoms with Gasteiger partial charge >= 0.3 is 5.97 Å². The second kappa shape index (κ2) is 7.85. The Morgan fingerprint density at radius 3 is 2.65 bits per heavy atom. The standard InChI is InChI=1S/C20H15ClN2O3/c21-17-7-5-14(6-8-17)11-16(12-22)20(25)26-13-19(24)23-10-9-15-3-1-2-4-18(15)23/h1-8,11H,9-10,13H2. The van der Waals surface area contributed by atoms with Crippen molar-refractivity contribution in [1.82, 2.24) is 0 Å². The monoisotopic (exact) mass is 366 g/mol. The Balaban J connectivity index is 1.63. The fourth-order valence-electron chi connectivity index (χ4n) is 2.74. The molecule has 0 saturated heterocycles. The van der Waals surface area contributed by atoms with E-state index in [2.05, 4.69) is 0 Å². The molecule has 26 heavy (non-hydrogen) atoms. The van der Waals surface area contributed by atoms with Gasteiger partial charge in [-0.2, -0.15) is 5.26 Å². The molecule has 0 bridgehead atoms. The number of esters is 1. The van der Waals surface area contributed by atoms with Crippen molar-refractivity contribution in [1.29, 1.82) is 5.26 Å². The lowest BCUT2D eigenvalue weighted by atomic mass is 10.1. The average Bonchev–Trinajstić information content (AvgIpc) is 3.09. The van der Waals surface area contributed by atoms with E-state index in [1.807, 2.05) is 24.3 Å². The highest BCUT2D eigenvalue weighted by atomic mass is 35.5. The number of fused-ring (bicyclic) bond motifs is 1. The number of carbonyl (C=O) groups is 2. The van der Waals surface area contributed by atoms with Gasteiger partial charge in [0, 0.05) is 17.3 Å². The van der Waals surface area contributed by atoms with Crippen LogP contribution in [0.15, 0.2) is 54.1 Å². The van der Waals surface area contributed by atoms with E-state index in [-0.39, 0.29) is 11.5 Å². The van der Waals surface area contributed by atoms with Gasteiger partial charge in [-0.3, -0.25) is 4.79 Å². The second-order valence-corrected chi connectivity index (χ2v) is 6.16. The fraction of sp³-hybridized carbons (Fsp3) is 0.150. The summed E-state index contributed by atoms with van der Waals surface area (Å²) in [7, 11) is 0. The van der Waals surface area contributed by atoms with Crippen LogP contribution >= 0.6 is 11.6 Å². The number of nitriles is 1. The molecule has 0 unspecified atom stereocenters. The largest absolute Gasteiger partial charge is 0.451 e. The van der Waals surface area contributed by atoms with Crippen LogP contribution in [-0.2, 0) is 20.7 Å². The second-order valence-electron chi connectivity index (χ2n) is 5.72. The lowest BCUT2D eigenvalue weighted by molar-refractivity contribution is -0.143. The molecule has 130 valence electrons. The van der Waals surface area contributed by atoms with E-state index in [0.29, 0.717) is 17.1 Å². The first-order valence-electron chi connectivity index (χ1n) is 8.01. The first kappa shape index (κ1) is 17.7. The lowest BCUT2D eigenvalue weighted by Gasteiger charge is -2.17. The number of amides is 1. The minimum absolute atomic E-state index is 0.179. The highest BCUT2D eigenvalue weighted by molar-refractivity contribution is 6.30. The quantitative estimate of drug-likeness (QED) is 0.472. The van der Waals surface area contributed by atoms with Crippen molar-refractivity contribution < 1.29 is 14.3 Å². The maximum Gasteiger partial charge on any atom is 0.349 e. The number of para-hydroxylation sites is 1. The smallest absolute Gasteiger partial charge is 0.349 e. The fourth-order valence-corrected chi connectivity index (χ4v) is 2.87. The van der Waals surface area contributed by atoms with E-state index in [1.54, 1.807) is 35.2 Å². The molecule has 0 atom stereocenters. The minimum atomic E-state index is -0.830. The summed E-state index contributed by atoms with van der Waals surface area (Å²) in [6, 6.07) is 16.1. The highest BCUT2D eigenvalue weighted by Crippen LogP contribution is 2.27. The van der Waals surface area contributed by atoms with Crippen LogP contribution in [0.25, 0.3) is 6.08 Å². The van der Waals surface area contributed by atoms with E-state index in [1.165, 1.54) is 6.08 Å². The summed E-state index contributed by atoms with van der Waals surface area (Å²) in [5.74, 6) is -1.14. The summed E-state index contributed by atoms with van der Waals surface area (Å²) in [5, 5.41) is 9.73. The van der Waals surface area contributed by atoms with Gasteiger partial charge in [-0.1, -0.05) is 41.9 Å². The molecule has 0 saturated carbocycles. The summed E-state index contributed by atoms with van der Waals surface area (Å²) < 4.78 is 5.03. The number of halogens is 1. The lowest BCUT2D eigenvalue weighted by Crippen LogP contribution is -2.33. The molecule has 0 fully saturated rings. The number of hydrogen-bond acceptors (Lipinski definition) is 4. The molecule has 1 aliphatic heterocycles. The Kier molecular flexibility index (Phi) is 5.35. The van der Waals surface area contributed by atoms with Gasteiger partial charge in [0.1, 0.15) is 11.6 Å². The molecule has 6 heteroatoms. The molecule has 1 heterocycles. The van der Waals surface area contributed by atoms with Crippen molar-refractivity contribution in [2.75, 3.05) is 18.1 Å². The number of benzene rings is 2. The maximum absolute atomic E-state index is 12.4. The zero-order valence-electron chi connectivity index (χ0n) is 13.8. The number of nitrogens with zero attached hydrogens (tertiary/aromatic N) is 2. The topological polar surface area (TPSA) is 70.4 Å². The van der Waals surface area contributed by atoms with Crippen LogP contribution in [0.5, 0.6) is 0 Å². The van der Waals surface area contributed by atoms with Crippen LogP contribution in [-0.4, -0.2) is 25.0 Å². The van der Waals surface area contributed by atoms with Gasteiger partial charge in [0.15, 0.2) is 6.61 Å². The Morgan fingerprint density at radius 1 is 1.19 bits per heavy atom. The van der Waals surface area contributed by atoms with Crippen LogP contribution in [0.1, 0.15) is 11.1 Å². The third kappa shape index (κ3) is 3.93. The molecule has 0 aromatic heterocycles. The van der Waals surface area contributed by atoms with Crippen molar-refractivity contribution in [3.05, 3.63) is 70.3 Å². The van der Waals surface area contributed by atoms with Gasteiger partial charge in [-0.05, 0) is 41.8 Å². The molecule has 0 N–H and O–H groups in total. The van der Waals surface area contributed by atoms with Gasteiger partial charge in [-0.15, -0.1) is 0 Å². The van der Waals surface area contributed by atoms with Crippen LogP contribution in [0.3, 0.4) is 0 Å². The first-order chi connectivity index (χ1) is 12.6. The summed E-state index contributed by atoms with van der Waals surface area (Å²) in [6.07, 6.45) is 2.17. The van der Waals surface area contributed by atoms with Crippen molar-refractivity contribution >= 4 is 35.2 Å². The van der Waals surface area contributed by atoms with E-state index >= 15 is 0 Å². The Bertz CT molecular complexity index is 913. The van der Waals surface area contributed by atoms with E-state index < -0.39 is 12.6 Å². The third-order valence-electron chi connectivity index (χ3n) is 4.04. The Labute approximate surface area is 156 Å². The van der Waals surface area contributed by atoms with E-state index in [0.717, 1.165) is 17.7 Å². The van der Waals surface area contributed by atoms with Crippen molar-refractivity contribution in [3.63, 3.8) is 0 Å². The van der Waals surface area contributed by atoms with Gasteiger partial charge < -0.3 is 9.64 Å². The number of hydrogen-bond donors (Lipinski definition) is 0. The van der Waals surface area contributed by atoms with Crippen molar-refractivity contribution in [2.45, 2.75) is 6.42 Å². The summed E-state index contributed by atoms with van der Waals surface area (Å²) in [6.45, 7) is 0.147. The molecular weight excluding hydrogens is 352 g/mol. The zero-order valence-corrected chi connectivity index (χ0v) is 14.6. The molecule has 5 nitrogen and oxygen atoms in total. The summed E-state index contributed by atoms with van der Waals surface area (Å²) >= 11 is 5.81. The van der Waals surface area contributed by atoms with Crippen LogP contribution in [0.2, 0.25) is 5.02 Å². The van der Waals surface area contributed by atoms with Crippen LogP contribution in [0.4, 0.5) is 5.69 Å².